The SMILES string of the molecule is CNCCNCCOc1ccc(Cl)cc1.Cl.Cl. The van der Waals surface area contributed by atoms with Crippen LogP contribution in [0.3, 0.4) is 0 Å². The summed E-state index contributed by atoms with van der Waals surface area (Å²) in [6, 6.07) is 7.39. The van der Waals surface area contributed by atoms with Crippen LogP contribution in [0.5, 0.6) is 5.75 Å². The summed E-state index contributed by atoms with van der Waals surface area (Å²) in [5.41, 5.74) is 0. The summed E-state index contributed by atoms with van der Waals surface area (Å²) < 4.78 is 5.50. The molecule has 0 aromatic heterocycles. The summed E-state index contributed by atoms with van der Waals surface area (Å²) in [6.07, 6.45) is 0. The predicted octanol–water partition coefficient (Wildman–Crippen LogP) is 2.37. The van der Waals surface area contributed by atoms with Gasteiger partial charge in [-0.1, -0.05) is 11.6 Å². The quantitative estimate of drug-likeness (QED) is 0.759. The molecule has 0 heterocycles. The van der Waals surface area contributed by atoms with Gasteiger partial charge in [0.05, 0.1) is 0 Å². The molecule has 6 heteroatoms. The standard InChI is InChI=1S/C11H17ClN2O.2ClH/c1-13-6-7-14-8-9-15-11-4-2-10(12)3-5-11;;/h2-5,13-14H,6-9H2,1H3;2*1H. The Balaban J connectivity index is 0. The third kappa shape index (κ3) is 9.51. The zero-order chi connectivity index (χ0) is 10.9. The molecule has 0 spiro atoms. The van der Waals surface area contributed by atoms with Gasteiger partial charge in [0.25, 0.3) is 0 Å². The summed E-state index contributed by atoms with van der Waals surface area (Å²) in [5.74, 6) is 0.856. The van der Waals surface area contributed by atoms with Crippen molar-refractivity contribution in [3.8, 4) is 5.75 Å². The fourth-order valence-electron chi connectivity index (χ4n) is 1.11. The molecule has 0 fully saturated rings. The van der Waals surface area contributed by atoms with Crippen molar-refractivity contribution in [3.05, 3.63) is 29.3 Å². The van der Waals surface area contributed by atoms with E-state index in [2.05, 4.69) is 10.6 Å². The summed E-state index contributed by atoms with van der Waals surface area (Å²) in [5, 5.41) is 7.05. The van der Waals surface area contributed by atoms with E-state index in [1.54, 1.807) is 0 Å². The molecule has 17 heavy (non-hydrogen) atoms. The molecule has 1 rings (SSSR count). The number of benzene rings is 1. The molecule has 0 unspecified atom stereocenters. The lowest BCUT2D eigenvalue weighted by Crippen LogP contribution is -2.28. The van der Waals surface area contributed by atoms with Gasteiger partial charge in [-0.2, -0.15) is 0 Å². The second-order valence-electron chi connectivity index (χ2n) is 3.16. The molecule has 2 N–H and O–H groups in total. The van der Waals surface area contributed by atoms with Crippen LogP contribution in [0.2, 0.25) is 5.02 Å². The zero-order valence-corrected chi connectivity index (χ0v) is 12.1. The van der Waals surface area contributed by atoms with E-state index < -0.39 is 0 Å². The summed E-state index contributed by atoms with van der Waals surface area (Å²) in [7, 11) is 1.94. The number of ether oxygens (including phenoxy) is 1. The van der Waals surface area contributed by atoms with Gasteiger partial charge in [-0.25, -0.2) is 0 Å². The molecule has 0 atom stereocenters. The third-order valence-electron chi connectivity index (χ3n) is 1.91. The molecule has 100 valence electrons. The van der Waals surface area contributed by atoms with Crippen LogP contribution in [-0.2, 0) is 0 Å². The lowest BCUT2D eigenvalue weighted by atomic mass is 10.3. The molecule has 0 aliphatic heterocycles. The van der Waals surface area contributed by atoms with Gasteiger partial charge in [0, 0.05) is 24.7 Å². The normalized spacial score (nSPS) is 9.06. The molecule has 0 bridgehead atoms. The van der Waals surface area contributed by atoms with Gasteiger partial charge < -0.3 is 15.4 Å². The Morgan fingerprint density at radius 2 is 1.71 bits per heavy atom. The number of rotatable bonds is 7. The van der Waals surface area contributed by atoms with E-state index in [4.69, 9.17) is 16.3 Å². The highest BCUT2D eigenvalue weighted by Gasteiger charge is 1.93. The minimum atomic E-state index is 0. The summed E-state index contributed by atoms with van der Waals surface area (Å²) in [4.78, 5) is 0. The molecule has 0 radical (unpaired) electrons. The van der Waals surface area contributed by atoms with Crippen molar-refractivity contribution in [1.82, 2.24) is 10.6 Å². The molecule has 1 aromatic carbocycles. The first kappa shape index (κ1) is 19.2. The second kappa shape index (κ2) is 12.3. The minimum Gasteiger partial charge on any atom is -0.492 e. The summed E-state index contributed by atoms with van der Waals surface area (Å²) >= 11 is 5.76. The maximum Gasteiger partial charge on any atom is 0.119 e. The van der Waals surface area contributed by atoms with Gasteiger partial charge >= 0.3 is 0 Å². The monoisotopic (exact) mass is 300 g/mol. The highest BCUT2D eigenvalue weighted by atomic mass is 35.5. The van der Waals surface area contributed by atoms with E-state index in [0.717, 1.165) is 30.4 Å². The molecule has 0 saturated heterocycles. The molecule has 0 saturated carbocycles. The van der Waals surface area contributed by atoms with E-state index >= 15 is 0 Å². The first-order chi connectivity index (χ1) is 7.33. The molecular formula is C11H19Cl3N2O. The van der Waals surface area contributed by atoms with Crippen LogP contribution in [-0.4, -0.2) is 33.3 Å². The number of hydrogen-bond donors (Lipinski definition) is 2. The van der Waals surface area contributed by atoms with E-state index in [9.17, 15) is 0 Å². The Bertz CT molecular complexity index is 270. The van der Waals surface area contributed by atoms with Crippen LogP contribution < -0.4 is 15.4 Å². The van der Waals surface area contributed by atoms with Crippen LogP contribution in [0.4, 0.5) is 0 Å². The highest BCUT2D eigenvalue weighted by molar-refractivity contribution is 6.30. The van der Waals surface area contributed by atoms with Crippen LogP contribution in [0.15, 0.2) is 24.3 Å². The lowest BCUT2D eigenvalue weighted by molar-refractivity contribution is 0.314. The Morgan fingerprint density at radius 1 is 1.06 bits per heavy atom. The van der Waals surface area contributed by atoms with Crippen molar-refractivity contribution in [2.24, 2.45) is 0 Å². The van der Waals surface area contributed by atoms with Crippen LogP contribution in [0.1, 0.15) is 0 Å². The average molecular weight is 302 g/mol. The molecule has 1 aromatic rings. The largest absolute Gasteiger partial charge is 0.492 e. The zero-order valence-electron chi connectivity index (χ0n) is 9.74. The van der Waals surface area contributed by atoms with Crippen molar-refractivity contribution in [1.29, 1.82) is 0 Å². The highest BCUT2D eigenvalue weighted by Crippen LogP contribution is 2.14. The topological polar surface area (TPSA) is 33.3 Å². The fraction of sp³-hybridized carbons (Fsp3) is 0.455. The van der Waals surface area contributed by atoms with Gasteiger partial charge in [0.15, 0.2) is 0 Å². The van der Waals surface area contributed by atoms with Crippen molar-refractivity contribution in [2.45, 2.75) is 0 Å². The predicted molar refractivity (Wildman–Crippen MR) is 78.2 cm³/mol. The van der Waals surface area contributed by atoms with Crippen molar-refractivity contribution < 1.29 is 4.74 Å². The van der Waals surface area contributed by atoms with Gasteiger partial charge in [0.1, 0.15) is 12.4 Å². The van der Waals surface area contributed by atoms with E-state index in [1.807, 2.05) is 31.3 Å². The van der Waals surface area contributed by atoms with Crippen molar-refractivity contribution >= 4 is 36.4 Å². The number of halogens is 3. The van der Waals surface area contributed by atoms with Crippen LogP contribution in [0, 0.1) is 0 Å². The summed E-state index contributed by atoms with van der Waals surface area (Å²) in [6.45, 7) is 3.46. The average Bonchev–Trinajstić information content (AvgIpc) is 2.26. The third-order valence-corrected chi connectivity index (χ3v) is 2.16. The van der Waals surface area contributed by atoms with Crippen LogP contribution in [0.25, 0.3) is 0 Å². The first-order valence-electron chi connectivity index (χ1n) is 5.06. The minimum absolute atomic E-state index is 0. The van der Waals surface area contributed by atoms with Crippen molar-refractivity contribution in [2.75, 3.05) is 33.3 Å². The number of likely N-dealkylation sites (N-methyl/N-ethyl adjacent to an activating group) is 1. The Labute approximate surface area is 120 Å². The maximum absolute atomic E-state index is 5.76. The fourth-order valence-corrected chi connectivity index (χ4v) is 1.24. The van der Waals surface area contributed by atoms with Gasteiger partial charge in [-0.05, 0) is 31.3 Å². The van der Waals surface area contributed by atoms with Gasteiger partial charge in [-0.15, -0.1) is 24.8 Å². The molecular weight excluding hydrogens is 282 g/mol. The lowest BCUT2D eigenvalue weighted by Gasteiger charge is -2.07. The molecule has 3 nitrogen and oxygen atoms in total. The Kier molecular flexibility index (Phi) is 13.8. The van der Waals surface area contributed by atoms with Gasteiger partial charge in [0.2, 0.25) is 0 Å². The molecule has 0 aliphatic carbocycles. The van der Waals surface area contributed by atoms with Crippen LogP contribution >= 0.6 is 36.4 Å². The Morgan fingerprint density at radius 3 is 2.29 bits per heavy atom. The van der Waals surface area contributed by atoms with Gasteiger partial charge in [-0.3, -0.25) is 0 Å². The van der Waals surface area contributed by atoms with Crippen molar-refractivity contribution in [3.63, 3.8) is 0 Å². The molecule has 0 aliphatic rings. The molecule has 0 amide bonds. The second-order valence-corrected chi connectivity index (χ2v) is 3.59. The first-order valence-corrected chi connectivity index (χ1v) is 5.44. The van der Waals surface area contributed by atoms with E-state index in [-0.39, 0.29) is 24.8 Å². The van der Waals surface area contributed by atoms with E-state index in [1.165, 1.54) is 0 Å². The smallest absolute Gasteiger partial charge is 0.119 e. The number of hydrogen-bond acceptors (Lipinski definition) is 3. The number of nitrogens with one attached hydrogen (secondary N) is 2. The Hall–Kier alpha value is -0.190. The maximum atomic E-state index is 5.76. The van der Waals surface area contributed by atoms with E-state index in [0.29, 0.717) is 6.61 Å².